The summed E-state index contributed by atoms with van der Waals surface area (Å²) in [5.41, 5.74) is -0.225. The Balaban J connectivity index is 2.96. The second-order valence-electron chi connectivity index (χ2n) is 2.61. The fraction of sp³-hybridized carbons (Fsp3) is 0.375. The molecule has 0 radical (unpaired) electrons. The lowest BCUT2D eigenvalue weighted by molar-refractivity contribution is -0.183. The molecule has 1 aromatic rings. The Morgan fingerprint density at radius 1 is 1.31 bits per heavy atom. The van der Waals surface area contributed by atoms with Gasteiger partial charge in [0.25, 0.3) is 0 Å². The molecule has 1 atom stereocenters. The minimum atomic E-state index is -4.87. The summed E-state index contributed by atoms with van der Waals surface area (Å²) in [6.45, 7) is 1.51. The summed E-state index contributed by atoms with van der Waals surface area (Å²) in [7, 11) is 0. The van der Waals surface area contributed by atoms with Crippen molar-refractivity contribution in [3.05, 3.63) is 29.6 Å². The van der Waals surface area contributed by atoms with Crippen LogP contribution in [0.4, 0.5) is 17.6 Å². The maximum atomic E-state index is 12.6. The number of alkyl halides is 4. The third-order valence-electron chi connectivity index (χ3n) is 1.46. The second kappa shape index (κ2) is 3.32. The second-order valence-corrected chi connectivity index (χ2v) is 2.61. The molecule has 0 aliphatic rings. The van der Waals surface area contributed by atoms with Gasteiger partial charge in [0, 0.05) is 5.69 Å². The van der Waals surface area contributed by atoms with E-state index in [9.17, 15) is 17.6 Å². The molecular weight excluding hydrogens is 186 g/mol. The molecule has 0 saturated carbocycles. The number of halogens is 4. The van der Waals surface area contributed by atoms with Gasteiger partial charge in [0.15, 0.2) is 0 Å². The van der Waals surface area contributed by atoms with Gasteiger partial charge in [-0.2, -0.15) is 13.2 Å². The molecule has 1 unspecified atom stereocenters. The first kappa shape index (κ1) is 9.95. The van der Waals surface area contributed by atoms with Gasteiger partial charge in [0.1, 0.15) is 0 Å². The molecule has 0 aliphatic carbocycles. The molecular formula is C8H7F4N. The lowest BCUT2D eigenvalue weighted by Crippen LogP contribution is -2.17. The summed E-state index contributed by atoms with van der Waals surface area (Å²) >= 11 is 0. The highest BCUT2D eigenvalue weighted by molar-refractivity contribution is 5.13. The van der Waals surface area contributed by atoms with E-state index in [0.29, 0.717) is 5.69 Å². The standard InChI is InChI=1S/C8H7F4N/c1-5-3-2-4-6(13-5)7(9)8(10,11)12/h2-4,7H,1H3. The van der Waals surface area contributed by atoms with Gasteiger partial charge in [-0.05, 0) is 19.1 Å². The van der Waals surface area contributed by atoms with Crippen LogP contribution < -0.4 is 0 Å². The van der Waals surface area contributed by atoms with Gasteiger partial charge < -0.3 is 0 Å². The number of rotatable bonds is 1. The minimum Gasteiger partial charge on any atom is -0.255 e. The Morgan fingerprint density at radius 2 is 1.92 bits per heavy atom. The third-order valence-corrected chi connectivity index (χ3v) is 1.46. The molecule has 0 fully saturated rings. The molecule has 1 rings (SSSR count). The monoisotopic (exact) mass is 193 g/mol. The van der Waals surface area contributed by atoms with E-state index in [2.05, 4.69) is 4.98 Å². The van der Waals surface area contributed by atoms with Crippen molar-refractivity contribution < 1.29 is 17.6 Å². The number of pyridine rings is 1. The third kappa shape index (κ3) is 2.40. The smallest absolute Gasteiger partial charge is 0.255 e. The summed E-state index contributed by atoms with van der Waals surface area (Å²) in [5.74, 6) is 0. The molecule has 1 heterocycles. The predicted octanol–water partition coefficient (Wildman–Crippen LogP) is 2.96. The Hall–Kier alpha value is -1.13. The Labute approximate surface area is 72.4 Å². The van der Waals surface area contributed by atoms with Crippen molar-refractivity contribution in [1.29, 1.82) is 0 Å². The number of hydrogen-bond acceptors (Lipinski definition) is 1. The quantitative estimate of drug-likeness (QED) is 0.625. The van der Waals surface area contributed by atoms with Crippen LogP contribution in [0, 0.1) is 6.92 Å². The average molecular weight is 193 g/mol. The molecule has 0 bridgehead atoms. The number of nitrogens with zero attached hydrogens (tertiary/aromatic N) is 1. The van der Waals surface area contributed by atoms with Crippen LogP contribution in [0.1, 0.15) is 17.6 Å². The molecule has 0 aromatic carbocycles. The molecule has 5 heteroatoms. The van der Waals surface area contributed by atoms with Crippen molar-refractivity contribution in [3.63, 3.8) is 0 Å². The summed E-state index contributed by atoms with van der Waals surface area (Å²) in [4.78, 5) is 3.44. The zero-order valence-electron chi connectivity index (χ0n) is 6.77. The molecule has 13 heavy (non-hydrogen) atoms. The van der Waals surface area contributed by atoms with Crippen molar-refractivity contribution in [2.75, 3.05) is 0 Å². The van der Waals surface area contributed by atoms with E-state index >= 15 is 0 Å². The highest BCUT2D eigenvalue weighted by Gasteiger charge is 2.42. The molecule has 0 saturated heterocycles. The van der Waals surface area contributed by atoms with Crippen LogP contribution in [-0.2, 0) is 0 Å². The van der Waals surface area contributed by atoms with Crippen LogP contribution in [0.3, 0.4) is 0 Å². The SMILES string of the molecule is Cc1cccc(C(F)C(F)(F)F)n1. The van der Waals surface area contributed by atoms with Gasteiger partial charge in [0.05, 0.1) is 5.69 Å². The first-order valence-electron chi connectivity index (χ1n) is 3.55. The molecule has 72 valence electrons. The lowest BCUT2D eigenvalue weighted by Gasteiger charge is -2.11. The number of hydrogen-bond donors (Lipinski definition) is 0. The van der Waals surface area contributed by atoms with E-state index in [-0.39, 0.29) is 0 Å². The summed E-state index contributed by atoms with van der Waals surface area (Å²) in [6, 6.07) is 3.87. The average Bonchev–Trinajstić information content (AvgIpc) is 2.01. The topological polar surface area (TPSA) is 12.9 Å². The predicted molar refractivity (Wildman–Crippen MR) is 38.9 cm³/mol. The first-order valence-corrected chi connectivity index (χ1v) is 3.55. The van der Waals surface area contributed by atoms with Crippen molar-refractivity contribution in [3.8, 4) is 0 Å². The molecule has 0 aliphatic heterocycles. The normalized spacial score (nSPS) is 14.2. The summed E-state index contributed by atoms with van der Waals surface area (Å²) in [5, 5.41) is 0. The van der Waals surface area contributed by atoms with Crippen LogP contribution in [0.5, 0.6) is 0 Å². The highest BCUT2D eigenvalue weighted by Crippen LogP contribution is 2.34. The molecule has 0 spiro atoms. The van der Waals surface area contributed by atoms with Crippen molar-refractivity contribution in [2.45, 2.75) is 19.3 Å². The van der Waals surface area contributed by atoms with Gasteiger partial charge in [-0.1, -0.05) is 6.07 Å². The fourth-order valence-corrected chi connectivity index (χ4v) is 0.873. The van der Waals surface area contributed by atoms with Crippen molar-refractivity contribution in [2.24, 2.45) is 0 Å². The molecule has 0 N–H and O–H groups in total. The van der Waals surface area contributed by atoms with E-state index in [1.54, 1.807) is 0 Å². The Morgan fingerprint density at radius 3 is 2.38 bits per heavy atom. The number of aryl methyl sites for hydroxylation is 1. The maximum absolute atomic E-state index is 12.6. The van der Waals surface area contributed by atoms with E-state index in [4.69, 9.17) is 0 Å². The van der Waals surface area contributed by atoms with Crippen LogP contribution in [0.15, 0.2) is 18.2 Å². The maximum Gasteiger partial charge on any atom is 0.425 e. The van der Waals surface area contributed by atoms with Crippen LogP contribution in [0.2, 0.25) is 0 Å². The van der Waals surface area contributed by atoms with Gasteiger partial charge in [0.2, 0.25) is 6.17 Å². The van der Waals surface area contributed by atoms with Crippen LogP contribution >= 0.6 is 0 Å². The van der Waals surface area contributed by atoms with E-state index in [0.717, 1.165) is 6.07 Å². The zero-order chi connectivity index (χ0) is 10.1. The van der Waals surface area contributed by atoms with Crippen LogP contribution in [-0.4, -0.2) is 11.2 Å². The largest absolute Gasteiger partial charge is 0.425 e. The van der Waals surface area contributed by atoms with Gasteiger partial charge in [-0.3, -0.25) is 4.98 Å². The van der Waals surface area contributed by atoms with Crippen molar-refractivity contribution >= 4 is 0 Å². The Bertz CT molecular complexity index is 294. The van der Waals surface area contributed by atoms with Gasteiger partial charge >= 0.3 is 6.18 Å². The van der Waals surface area contributed by atoms with Crippen LogP contribution in [0.25, 0.3) is 0 Å². The van der Waals surface area contributed by atoms with E-state index < -0.39 is 18.0 Å². The fourth-order valence-electron chi connectivity index (χ4n) is 0.873. The molecule has 1 aromatic heterocycles. The molecule has 1 nitrogen and oxygen atoms in total. The first-order chi connectivity index (χ1) is 5.91. The van der Waals surface area contributed by atoms with Gasteiger partial charge in [-0.15, -0.1) is 0 Å². The van der Waals surface area contributed by atoms with E-state index in [1.807, 2.05) is 0 Å². The summed E-state index contributed by atoms with van der Waals surface area (Å²) < 4.78 is 48.2. The molecule has 0 amide bonds. The van der Waals surface area contributed by atoms with Gasteiger partial charge in [-0.25, -0.2) is 4.39 Å². The van der Waals surface area contributed by atoms with Crippen molar-refractivity contribution in [1.82, 2.24) is 4.98 Å². The lowest BCUT2D eigenvalue weighted by atomic mass is 10.2. The van der Waals surface area contributed by atoms with E-state index in [1.165, 1.54) is 19.1 Å². The Kier molecular flexibility index (Phi) is 2.54. The minimum absolute atomic E-state index is 0.365. The zero-order valence-corrected chi connectivity index (χ0v) is 6.77. The summed E-state index contributed by atoms with van der Waals surface area (Å²) in [6.07, 6.45) is -7.87. The number of aromatic nitrogens is 1. The highest BCUT2D eigenvalue weighted by atomic mass is 19.4.